The van der Waals surface area contributed by atoms with E-state index in [9.17, 15) is 0 Å². The summed E-state index contributed by atoms with van der Waals surface area (Å²) in [6.07, 6.45) is 0. The maximum atomic E-state index is 3.67. The average Bonchev–Trinajstić information content (AvgIpc) is 3.03. The lowest BCUT2D eigenvalue weighted by atomic mass is 9.99. The molecule has 2 heteroatoms. The van der Waals surface area contributed by atoms with Crippen molar-refractivity contribution < 1.29 is 0 Å². The zero-order valence-corrected chi connectivity index (χ0v) is 12.0. The van der Waals surface area contributed by atoms with Gasteiger partial charge in [0.1, 0.15) is 0 Å². The average molecular weight is 279 g/mol. The van der Waals surface area contributed by atoms with Crippen molar-refractivity contribution in [2.24, 2.45) is 0 Å². The summed E-state index contributed by atoms with van der Waals surface area (Å²) in [7, 11) is 0. The third-order valence-corrected chi connectivity index (χ3v) is 4.20. The van der Waals surface area contributed by atoms with E-state index in [1.807, 2.05) is 0 Å². The first-order valence-electron chi connectivity index (χ1n) is 6.79. The van der Waals surface area contributed by atoms with Crippen LogP contribution in [0.4, 0.5) is 0 Å². The van der Waals surface area contributed by atoms with Crippen LogP contribution in [0.3, 0.4) is 0 Å². The van der Waals surface area contributed by atoms with Crippen LogP contribution >= 0.6 is 11.3 Å². The molecule has 0 saturated heterocycles. The molecule has 0 amide bonds. The number of hydrogen-bond donors (Lipinski definition) is 1. The summed E-state index contributed by atoms with van der Waals surface area (Å²) in [4.78, 5) is 1.36. The van der Waals surface area contributed by atoms with Gasteiger partial charge in [-0.15, -0.1) is 11.3 Å². The van der Waals surface area contributed by atoms with Gasteiger partial charge in [0.05, 0.1) is 6.04 Å². The Morgan fingerprint density at radius 2 is 1.35 bits per heavy atom. The van der Waals surface area contributed by atoms with E-state index in [4.69, 9.17) is 0 Å². The second-order valence-corrected chi connectivity index (χ2v) is 5.75. The lowest BCUT2D eigenvalue weighted by Crippen LogP contribution is -2.21. The van der Waals surface area contributed by atoms with Crippen LogP contribution in [0.15, 0.2) is 78.2 Å². The molecule has 1 heterocycles. The van der Waals surface area contributed by atoms with E-state index < -0.39 is 0 Å². The lowest BCUT2D eigenvalue weighted by molar-refractivity contribution is 0.610. The third-order valence-electron chi connectivity index (χ3n) is 3.33. The van der Waals surface area contributed by atoms with Crippen molar-refractivity contribution in [3.8, 4) is 0 Å². The van der Waals surface area contributed by atoms with Crippen molar-refractivity contribution >= 4 is 11.3 Å². The van der Waals surface area contributed by atoms with Crippen LogP contribution < -0.4 is 5.32 Å². The Kier molecular flexibility index (Phi) is 4.26. The van der Waals surface area contributed by atoms with E-state index in [0.717, 1.165) is 6.54 Å². The largest absolute Gasteiger partial charge is 0.301 e. The third kappa shape index (κ3) is 3.16. The Morgan fingerprint density at radius 1 is 0.750 bits per heavy atom. The molecule has 0 atom stereocenters. The highest BCUT2D eigenvalue weighted by atomic mass is 32.1. The Morgan fingerprint density at radius 3 is 1.85 bits per heavy atom. The summed E-state index contributed by atoms with van der Waals surface area (Å²) in [5, 5.41) is 5.79. The highest BCUT2D eigenvalue weighted by Crippen LogP contribution is 2.22. The lowest BCUT2D eigenvalue weighted by Gasteiger charge is -2.19. The van der Waals surface area contributed by atoms with E-state index in [-0.39, 0.29) is 6.04 Å². The Hall–Kier alpha value is -1.90. The zero-order valence-electron chi connectivity index (χ0n) is 11.2. The number of benzene rings is 2. The molecule has 1 N–H and O–H groups in total. The van der Waals surface area contributed by atoms with Crippen LogP contribution in [0, 0.1) is 0 Å². The maximum Gasteiger partial charge on any atom is 0.0579 e. The molecular formula is C18H17NS. The first-order valence-corrected chi connectivity index (χ1v) is 7.67. The van der Waals surface area contributed by atoms with Crippen LogP contribution in [0.25, 0.3) is 0 Å². The minimum atomic E-state index is 0.236. The minimum absolute atomic E-state index is 0.236. The molecule has 3 rings (SSSR count). The number of thiophene rings is 1. The van der Waals surface area contributed by atoms with Crippen molar-refractivity contribution in [1.29, 1.82) is 0 Å². The van der Waals surface area contributed by atoms with Gasteiger partial charge in [-0.1, -0.05) is 66.7 Å². The highest BCUT2D eigenvalue weighted by Gasteiger charge is 2.12. The number of nitrogens with one attached hydrogen (secondary N) is 1. The summed E-state index contributed by atoms with van der Waals surface area (Å²) < 4.78 is 0. The van der Waals surface area contributed by atoms with Gasteiger partial charge in [0.25, 0.3) is 0 Å². The molecule has 1 aromatic heterocycles. The van der Waals surface area contributed by atoms with Crippen molar-refractivity contribution in [2.45, 2.75) is 12.6 Å². The monoisotopic (exact) mass is 279 g/mol. The summed E-state index contributed by atoms with van der Waals surface area (Å²) in [5.74, 6) is 0. The molecule has 0 fully saturated rings. The second kappa shape index (κ2) is 6.51. The maximum absolute atomic E-state index is 3.67. The van der Waals surface area contributed by atoms with Crippen LogP contribution in [0.2, 0.25) is 0 Å². The normalized spacial score (nSPS) is 10.8. The van der Waals surface area contributed by atoms with E-state index in [0.29, 0.717) is 0 Å². The van der Waals surface area contributed by atoms with Gasteiger partial charge < -0.3 is 5.32 Å². The number of rotatable bonds is 5. The molecule has 0 aliphatic rings. The summed E-state index contributed by atoms with van der Waals surface area (Å²) in [6, 6.07) is 25.7. The molecular weight excluding hydrogens is 262 g/mol. The summed E-state index contributed by atoms with van der Waals surface area (Å²) in [5.41, 5.74) is 2.60. The summed E-state index contributed by atoms with van der Waals surface area (Å²) in [6.45, 7) is 0.895. The van der Waals surface area contributed by atoms with Crippen molar-refractivity contribution in [3.63, 3.8) is 0 Å². The van der Waals surface area contributed by atoms with Gasteiger partial charge in [-0.2, -0.15) is 0 Å². The minimum Gasteiger partial charge on any atom is -0.301 e. The Bertz CT molecular complexity index is 578. The molecule has 3 aromatic rings. The quantitative estimate of drug-likeness (QED) is 0.718. The van der Waals surface area contributed by atoms with Crippen LogP contribution in [-0.4, -0.2) is 0 Å². The number of hydrogen-bond acceptors (Lipinski definition) is 2. The van der Waals surface area contributed by atoms with Crippen LogP contribution in [0.1, 0.15) is 22.0 Å². The van der Waals surface area contributed by atoms with Gasteiger partial charge in [-0.25, -0.2) is 0 Å². The van der Waals surface area contributed by atoms with Gasteiger partial charge in [0.2, 0.25) is 0 Å². The van der Waals surface area contributed by atoms with E-state index >= 15 is 0 Å². The SMILES string of the molecule is c1ccc(C(NCc2cccs2)c2ccccc2)cc1. The first-order chi connectivity index (χ1) is 9.93. The van der Waals surface area contributed by atoms with Crippen LogP contribution in [-0.2, 0) is 6.54 Å². The zero-order chi connectivity index (χ0) is 13.6. The molecule has 1 nitrogen and oxygen atoms in total. The summed E-state index contributed by atoms with van der Waals surface area (Å²) >= 11 is 1.79. The highest BCUT2D eigenvalue weighted by molar-refractivity contribution is 7.09. The van der Waals surface area contributed by atoms with Crippen molar-refractivity contribution in [1.82, 2.24) is 5.32 Å². The Balaban J connectivity index is 1.84. The molecule has 0 spiro atoms. The van der Waals surface area contributed by atoms with Crippen molar-refractivity contribution in [3.05, 3.63) is 94.2 Å². The molecule has 0 aliphatic heterocycles. The Labute approximate surface area is 123 Å². The van der Waals surface area contributed by atoms with E-state index in [1.54, 1.807) is 11.3 Å². The predicted molar refractivity (Wildman–Crippen MR) is 85.9 cm³/mol. The van der Waals surface area contributed by atoms with Gasteiger partial charge in [-0.3, -0.25) is 0 Å². The fraction of sp³-hybridized carbons (Fsp3) is 0.111. The van der Waals surface area contributed by atoms with Crippen LogP contribution in [0.5, 0.6) is 0 Å². The van der Waals surface area contributed by atoms with Gasteiger partial charge in [-0.05, 0) is 22.6 Å². The topological polar surface area (TPSA) is 12.0 Å². The second-order valence-electron chi connectivity index (χ2n) is 4.71. The molecule has 0 aliphatic carbocycles. The van der Waals surface area contributed by atoms with Crippen molar-refractivity contribution in [2.75, 3.05) is 0 Å². The molecule has 20 heavy (non-hydrogen) atoms. The van der Waals surface area contributed by atoms with E-state index in [2.05, 4.69) is 83.5 Å². The first kappa shape index (κ1) is 13.1. The molecule has 0 saturated carbocycles. The predicted octanol–water partition coefficient (Wildman–Crippen LogP) is 4.63. The fourth-order valence-electron chi connectivity index (χ4n) is 2.33. The standard InChI is InChI=1S/C18H17NS/c1-3-8-15(9-4-1)18(16-10-5-2-6-11-16)19-14-17-12-7-13-20-17/h1-13,18-19H,14H2. The van der Waals surface area contributed by atoms with Gasteiger partial charge in [0.15, 0.2) is 0 Å². The molecule has 0 bridgehead atoms. The fourth-order valence-corrected chi connectivity index (χ4v) is 2.99. The molecule has 2 aromatic carbocycles. The smallest absolute Gasteiger partial charge is 0.0579 e. The van der Waals surface area contributed by atoms with Gasteiger partial charge >= 0.3 is 0 Å². The van der Waals surface area contributed by atoms with E-state index in [1.165, 1.54) is 16.0 Å². The molecule has 0 radical (unpaired) electrons. The molecule has 100 valence electrons. The van der Waals surface area contributed by atoms with Gasteiger partial charge in [0, 0.05) is 11.4 Å². The molecule has 0 unspecified atom stereocenters.